The molecule has 1 rings (SSSR count). The molecule has 22 heavy (non-hydrogen) atoms. The van der Waals surface area contributed by atoms with Crippen LogP contribution in [0.5, 0.6) is 0 Å². The van der Waals surface area contributed by atoms with Gasteiger partial charge in [-0.1, -0.05) is 37.8 Å². The SMILES string of the molecule is Cc1c(CCCCCCO)ccc(CCCCCCO)c1C. The van der Waals surface area contributed by atoms with Crippen LogP contribution in [0.4, 0.5) is 0 Å². The molecule has 2 nitrogen and oxygen atoms in total. The van der Waals surface area contributed by atoms with Crippen molar-refractivity contribution in [1.82, 2.24) is 0 Å². The molecule has 1 aromatic rings. The Kier molecular flexibility index (Phi) is 10.2. The highest BCUT2D eigenvalue weighted by molar-refractivity contribution is 5.39. The molecule has 0 aliphatic carbocycles. The molecule has 0 aliphatic heterocycles. The lowest BCUT2D eigenvalue weighted by molar-refractivity contribution is 0.282. The zero-order chi connectivity index (χ0) is 16.2. The summed E-state index contributed by atoms with van der Waals surface area (Å²) in [5, 5.41) is 17.6. The minimum absolute atomic E-state index is 0.325. The first-order valence-corrected chi connectivity index (χ1v) is 9.00. The normalized spacial score (nSPS) is 11.1. The van der Waals surface area contributed by atoms with Crippen LogP contribution >= 0.6 is 0 Å². The molecule has 0 amide bonds. The largest absolute Gasteiger partial charge is 0.396 e. The second-order valence-electron chi connectivity index (χ2n) is 6.41. The van der Waals surface area contributed by atoms with E-state index in [0.29, 0.717) is 13.2 Å². The molecule has 2 N–H and O–H groups in total. The number of aliphatic hydroxyl groups excluding tert-OH is 2. The van der Waals surface area contributed by atoms with E-state index in [4.69, 9.17) is 10.2 Å². The third-order valence-corrected chi connectivity index (χ3v) is 4.72. The van der Waals surface area contributed by atoms with Gasteiger partial charge in [-0.25, -0.2) is 0 Å². The van der Waals surface area contributed by atoms with E-state index in [9.17, 15) is 0 Å². The van der Waals surface area contributed by atoms with Gasteiger partial charge in [0.05, 0.1) is 0 Å². The molecular formula is C20H34O2. The maximum absolute atomic E-state index is 8.80. The summed E-state index contributed by atoms with van der Waals surface area (Å²) >= 11 is 0. The third kappa shape index (κ3) is 6.93. The Morgan fingerprint density at radius 3 is 1.32 bits per heavy atom. The summed E-state index contributed by atoms with van der Waals surface area (Å²) in [5.41, 5.74) is 5.92. The molecule has 0 aliphatic rings. The zero-order valence-electron chi connectivity index (χ0n) is 14.5. The summed E-state index contributed by atoms with van der Waals surface area (Å²) in [6.07, 6.45) is 11.4. The van der Waals surface area contributed by atoms with Crippen molar-refractivity contribution in [1.29, 1.82) is 0 Å². The van der Waals surface area contributed by atoms with Crippen LogP contribution in [0.3, 0.4) is 0 Å². The van der Waals surface area contributed by atoms with Crippen LogP contribution < -0.4 is 0 Å². The van der Waals surface area contributed by atoms with Crippen LogP contribution in [0, 0.1) is 13.8 Å². The fraction of sp³-hybridized carbons (Fsp3) is 0.700. The van der Waals surface area contributed by atoms with E-state index < -0.39 is 0 Å². The van der Waals surface area contributed by atoms with Crippen LogP contribution in [-0.4, -0.2) is 23.4 Å². The average molecular weight is 306 g/mol. The molecule has 1 aromatic carbocycles. The molecule has 0 aromatic heterocycles. The summed E-state index contributed by atoms with van der Waals surface area (Å²) in [7, 11) is 0. The Hall–Kier alpha value is -0.860. The summed E-state index contributed by atoms with van der Waals surface area (Å²) in [6.45, 7) is 5.16. The molecule has 0 heterocycles. The van der Waals surface area contributed by atoms with Crippen LogP contribution in [-0.2, 0) is 12.8 Å². The van der Waals surface area contributed by atoms with Gasteiger partial charge in [-0.05, 0) is 74.6 Å². The number of rotatable bonds is 12. The van der Waals surface area contributed by atoms with Gasteiger partial charge in [0.2, 0.25) is 0 Å². The molecule has 0 atom stereocenters. The van der Waals surface area contributed by atoms with Gasteiger partial charge in [0, 0.05) is 13.2 Å². The number of benzene rings is 1. The van der Waals surface area contributed by atoms with Crippen molar-refractivity contribution in [2.75, 3.05) is 13.2 Å². The molecule has 0 bridgehead atoms. The van der Waals surface area contributed by atoms with Crippen molar-refractivity contribution in [2.24, 2.45) is 0 Å². The number of aliphatic hydroxyl groups is 2. The Morgan fingerprint density at radius 1 is 0.591 bits per heavy atom. The van der Waals surface area contributed by atoms with Crippen molar-refractivity contribution in [3.8, 4) is 0 Å². The summed E-state index contributed by atoms with van der Waals surface area (Å²) in [6, 6.07) is 4.63. The predicted molar refractivity (Wildman–Crippen MR) is 94.4 cm³/mol. The first-order chi connectivity index (χ1) is 10.7. The van der Waals surface area contributed by atoms with Gasteiger partial charge < -0.3 is 10.2 Å². The highest BCUT2D eigenvalue weighted by Gasteiger charge is 2.06. The Labute approximate surface area is 136 Å². The smallest absolute Gasteiger partial charge is 0.0431 e. The fourth-order valence-electron chi connectivity index (χ4n) is 3.04. The van der Waals surface area contributed by atoms with Gasteiger partial charge in [-0.3, -0.25) is 0 Å². The summed E-state index contributed by atoms with van der Waals surface area (Å²) in [4.78, 5) is 0. The lowest BCUT2D eigenvalue weighted by atomic mass is 9.92. The van der Waals surface area contributed by atoms with Crippen LogP contribution in [0.2, 0.25) is 0 Å². The van der Waals surface area contributed by atoms with Gasteiger partial charge in [-0.15, -0.1) is 0 Å². The maximum atomic E-state index is 8.80. The summed E-state index contributed by atoms with van der Waals surface area (Å²) in [5.74, 6) is 0. The minimum atomic E-state index is 0.325. The number of unbranched alkanes of at least 4 members (excludes halogenated alkanes) is 6. The van der Waals surface area contributed by atoms with Gasteiger partial charge in [0.25, 0.3) is 0 Å². The number of hydrogen-bond acceptors (Lipinski definition) is 2. The predicted octanol–water partition coefficient (Wildman–Crippen LogP) is 4.49. The van der Waals surface area contributed by atoms with E-state index in [0.717, 1.165) is 38.5 Å². The van der Waals surface area contributed by atoms with Crippen molar-refractivity contribution in [3.63, 3.8) is 0 Å². The fourth-order valence-corrected chi connectivity index (χ4v) is 3.04. The maximum Gasteiger partial charge on any atom is 0.0431 e. The minimum Gasteiger partial charge on any atom is -0.396 e. The average Bonchev–Trinajstić information content (AvgIpc) is 2.52. The number of aryl methyl sites for hydroxylation is 2. The monoisotopic (exact) mass is 306 g/mol. The second kappa shape index (κ2) is 11.7. The van der Waals surface area contributed by atoms with Crippen molar-refractivity contribution < 1.29 is 10.2 Å². The highest BCUT2D eigenvalue weighted by atomic mass is 16.3. The van der Waals surface area contributed by atoms with E-state index in [1.807, 2.05) is 0 Å². The number of hydrogen-bond donors (Lipinski definition) is 2. The van der Waals surface area contributed by atoms with E-state index >= 15 is 0 Å². The lowest BCUT2D eigenvalue weighted by Gasteiger charge is -2.14. The van der Waals surface area contributed by atoms with Gasteiger partial charge in [0.1, 0.15) is 0 Å². The summed E-state index contributed by atoms with van der Waals surface area (Å²) < 4.78 is 0. The standard InChI is InChI=1S/C20H34O2/c1-17-18(2)20(12-8-4-6-10-16-22)14-13-19(17)11-7-3-5-9-15-21/h13-14,21-22H,3-12,15-16H2,1-2H3. The van der Waals surface area contributed by atoms with Crippen LogP contribution in [0.25, 0.3) is 0 Å². The van der Waals surface area contributed by atoms with E-state index in [2.05, 4.69) is 26.0 Å². The quantitative estimate of drug-likeness (QED) is 0.558. The lowest BCUT2D eigenvalue weighted by Crippen LogP contribution is -1.99. The Morgan fingerprint density at radius 2 is 0.955 bits per heavy atom. The molecule has 0 saturated carbocycles. The highest BCUT2D eigenvalue weighted by Crippen LogP contribution is 2.22. The zero-order valence-corrected chi connectivity index (χ0v) is 14.5. The van der Waals surface area contributed by atoms with Crippen LogP contribution in [0.15, 0.2) is 12.1 Å². The van der Waals surface area contributed by atoms with Gasteiger partial charge in [-0.2, -0.15) is 0 Å². The van der Waals surface area contributed by atoms with E-state index in [1.54, 1.807) is 0 Å². The molecule has 0 fully saturated rings. The third-order valence-electron chi connectivity index (χ3n) is 4.72. The molecule has 126 valence electrons. The molecule has 2 heteroatoms. The van der Waals surface area contributed by atoms with Crippen molar-refractivity contribution in [3.05, 3.63) is 34.4 Å². The first-order valence-electron chi connectivity index (χ1n) is 9.00. The van der Waals surface area contributed by atoms with E-state index in [1.165, 1.54) is 47.9 Å². The Bertz CT molecular complexity index is 373. The van der Waals surface area contributed by atoms with Gasteiger partial charge in [0.15, 0.2) is 0 Å². The molecular weight excluding hydrogens is 272 g/mol. The Balaban J connectivity index is 2.42. The van der Waals surface area contributed by atoms with Crippen molar-refractivity contribution >= 4 is 0 Å². The molecule has 0 saturated heterocycles. The molecule has 0 spiro atoms. The molecule has 0 unspecified atom stereocenters. The second-order valence-corrected chi connectivity index (χ2v) is 6.41. The topological polar surface area (TPSA) is 40.5 Å². The van der Waals surface area contributed by atoms with Crippen LogP contribution in [0.1, 0.15) is 73.6 Å². The van der Waals surface area contributed by atoms with E-state index in [-0.39, 0.29) is 0 Å². The van der Waals surface area contributed by atoms with Gasteiger partial charge >= 0.3 is 0 Å². The first kappa shape index (κ1) is 19.2. The molecule has 0 radical (unpaired) electrons. The van der Waals surface area contributed by atoms with Crippen molar-refractivity contribution in [2.45, 2.75) is 78.1 Å².